The van der Waals surface area contributed by atoms with Crippen LogP contribution in [0.25, 0.3) is 0 Å². The molecule has 2 saturated heterocycles. The Hall–Kier alpha value is -3.47. The molecule has 0 radical (unpaired) electrons. The normalized spacial score (nSPS) is 40.2. The average Bonchev–Trinajstić information content (AvgIpc) is 3.47. The van der Waals surface area contributed by atoms with Crippen molar-refractivity contribution < 1.29 is 52.1 Å². The van der Waals surface area contributed by atoms with Crippen molar-refractivity contribution in [3.8, 4) is 0 Å². The Morgan fingerprint density at radius 3 is 2.31 bits per heavy atom. The highest BCUT2D eigenvalue weighted by Crippen LogP contribution is 2.71. The van der Waals surface area contributed by atoms with Crippen LogP contribution in [0.4, 0.5) is 0 Å². The molecule has 228 valence electrons. The Morgan fingerprint density at radius 1 is 1.07 bits per heavy atom. The summed E-state index contributed by atoms with van der Waals surface area (Å²) in [4.78, 5) is 66.0. The number of cyclic esters (lactones) is 1. The second-order valence-corrected chi connectivity index (χ2v) is 13.0. The van der Waals surface area contributed by atoms with Gasteiger partial charge in [0.05, 0.1) is 55.3 Å². The molecule has 0 N–H and O–H groups in total. The number of carbonyl (C=O) groups excluding carboxylic acids is 5. The molecule has 0 amide bonds. The van der Waals surface area contributed by atoms with Crippen molar-refractivity contribution in [2.45, 2.75) is 90.8 Å². The van der Waals surface area contributed by atoms with E-state index in [4.69, 9.17) is 28.1 Å². The SMILES string of the molecule is C=C1C2C(=O)[C@@]3(C)[C@H](C[C@@H](OC(C)=O)C(C)(C)[C@@H]3CC(=O)OC)O[C@@]13CC(=O)O[C@@H](c1ccoc1)[C@]3(C)[C@H]2OC(C)=O. The molecule has 0 aromatic carbocycles. The first-order valence-electron chi connectivity index (χ1n) is 14.1. The Bertz CT molecular complexity index is 1340. The van der Waals surface area contributed by atoms with Crippen LogP contribution < -0.4 is 0 Å². The van der Waals surface area contributed by atoms with E-state index in [1.165, 1.54) is 33.5 Å². The molecule has 2 saturated carbocycles. The third-order valence-electron chi connectivity index (χ3n) is 10.6. The summed E-state index contributed by atoms with van der Waals surface area (Å²) in [6.45, 7) is 14.1. The first-order valence-corrected chi connectivity index (χ1v) is 14.1. The first kappa shape index (κ1) is 30.0. The monoisotopic (exact) mass is 586 g/mol. The van der Waals surface area contributed by atoms with Crippen LogP contribution >= 0.6 is 0 Å². The number of esters is 4. The topological polar surface area (TPSA) is 145 Å². The molecule has 2 aliphatic heterocycles. The van der Waals surface area contributed by atoms with Crippen LogP contribution in [0, 0.1) is 28.1 Å². The molecule has 4 fully saturated rings. The smallest absolute Gasteiger partial charge is 0.309 e. The summed E-state index contributed by atoms with van der Waals surface area (Å²) in [5, 5.41) is 0. The lowest BCUT2D eigenvalue weighted by Crippen LogP contribution is -2.67. The number of Topliss-reactive ketones (excluding diaryl/α,β-unsaturated/α-hetero) is 1. The molecule has 4 aliphatic rings. The maximum atomic E-state index is 15.1. The van der Waals surface area contributed by atoms with Gasteiger partial charge in [-0.05, 0) is 31.4 Å². The van der Waals surface area contributed by atoms with Gasteiger partial charge >= 0.3 is 23.9 Å². The number of ether oxygens (including phenoxy) is 5. The van der Waals surface area contributed by atoms with Crippen LogP contribution in [-0.4, -0.2) is 60.7 Å². The van der Waals surface area contributed by atoms with Crippen LogP contribution in [-0.2, 0) is 47.7 Å². The Balaban J connectivity index is 1.76. The van der Waals surface area contributed by atoms with E-state index < -0.39 is 82.0 Å². The minimum Gasteiger partial charge on any atom is -0.472 e. The van der Waals surface area contributed by atoms with E-state index in [1.807, 2.05) is 13.8 Å². The summed E-state index contributed by atoms with van der Waals surface area (Å²) in [5.74, 6) is -4.41. The Kier molecular flexibility index (Phi) is 6.99. The third-order valence-corrected chi connectivity index (χ3v) is 10.6. The van der Waals surface area contributed by atoms with Gasteiger partial charge in [-0.15, -0.1) is 0 Å². The average molecular weight is 587 g/mol. The summed E-state index contributed by atoms with van der Waals surface area (Å²) in [6, 6.07) is 1.64. The zero-order chi connectivity index (χ0) is 31.0. The van der Waals surface area contributed by atoms with Gasteiger partial charge in [0.2, 0.25) is 0 Å². The van der Waals surface area contributed by atoms with E-state index >= 15 is 4.79 Å². The van der Waals surface area contributed by atoms with Crippen LogP contribution in [0.2, 0.25) is 0 Å². The van der Waals surface area contributed by atoms with Crippen molar-refractivity contribution in [3.63, 3.8) is 0 Å². The number of rotatable bonds is 5. The standard InChI is InChI=1S/C31H38O11/c1-15-24-25(36)29(6)19(11-22(34)37-8)28(4,5)20(39-16(2)32)12-21(29)42-31(15)13-23(35)41-26(18-9-10-38-14-18)30(31,7)27(24)40-17(3)33/h9-10,14,19-21,24,26-27H,1,11-13H2,2-8H3/t19-,20+,21-,24?,26-,27-,29+,30+,31-/m0/s1. The van der Waals surface area contributed by atoms with Gasteiger partial charge < -0.3 is 28.1 Å². The maximum Gasteiger partial charge on any atom is 0.309 e. The van der Waals surface area contributed by atoms with Crippen molar-refractivity contribution in [1.29, 1.82) is 0 Å². The van der Waals surface area contributed by atoms with Crippen LogP contribution in [0.3, 0.4) is 0 Å². The van der Waals surface area contributed by atoms with E-state index in [-0.39, 0.29) is 25.0 Å². The van der Waals surface area contributed by atoms with Gasteiger partial charge in [0.25, 0.3) is 0 Å². The van der Waals surface area contributed by atoms with Gasteiger partial charge in [-0.25, -0.2) is 0 Å². The lowest BCUT2D eigenvalue weighted by molar-refractivity contribution is -0.273. The first-order chi connectivity index (χ1) is 19.5. The van der Waals surface area contributed by atoms with Crippen LogP contribution in [0.1, 0.15) is 72.5 Å². The van der Waals surface area contributed by atoms with E-state index in [1.54, 1.807) is 19.9 Å². The van der Waals surface area contributed by atoms with Crippen molar-refractivity contribution in [3.05, 3.63) is 36.3 Å². The third kappa shape index (κ3) is 3.92. The van der Waals surface area contributed by atoms with Crippen molar-refractivity contribution >= 4 is 29.7 Å². The minimum atomic E-state index is -1.51. The number of ketones is 1. The van der Waals surface area contributed by atoms with Gasteiger partial charge in [-0.2, -0.15) is 0 Å². The lowest BCUT2D eigenvalue weighted by Gasteiger charge is -2.60. The van der Waals surface area contributed by atoms with E-state index in [9.17, 15) is 19.2 Å². The highest BCUT2D eigenvalue weighted by atomic mass is 16.6. The predicted molar refractivity (Wildman–Crippen MR) is 143 cm³/mol. The summed E-state index contributed by atoms with van der Waals surface area (Å²) < 4.78 is 35.0. The summed E-state index contributed by atoms with van der Waals surface area (Å²) in [6.07, 6.45) is -1.22. The fourth-order valence-corrected chi connectivity index (χ4v) is 8.44. The summed E-state index contributed by atoms with van der Waals surface area (Å²) >= 11 is 0. The molecule has 9 atom stereocenters. The molecule has 1 aromatic heterocycles. The molecule has 11 nitrogen and oxygen atoms in total. The number of methoxy groups -OCH3 is 1. The number of fused-ring (bicyclic) bond motifs is 2. The highest BCUT2D eigenvalue weighted by molar-refractivity contribution is 5.94. The molecule has 1 unspecified atom stereocenters. The molecule has 1 aromatic rings. The van der Waals surface area contributed by atoms with E-state index in [2.05, 4.69) is 6.58 Å². The van der Waals surface area contributed by atoms with Gasteiger partial charge in [-0.1, -0.05) is 20.4 Å². The summed E-state index contributed by atoms with van der Waals surface area (Å²) in [5.41, 5.74) is -4.22. The molecular formula is C31H38O11. The van der Waals surface area contributed by atoms with Gasteiger partial charge in [-0.3, -0.25) is 24.0 Å². The molecular weight excluding hydrogens is 548 g/mol. The second kappa shape index (κ2) is 9.79. The second-order valence-electron chi connectivity index (χ2n) is 13.0. The largest absolute Gasteiger partial charge is 0.472 e. The fraction of sp³-hybridized carbons (Fsp3) is 0.645. The maximum absolute atomic E-state index is 15.1. The molecule has 1 spiro atoms. The molecule has 2 bridgehead atoms. The number of hydrogen-bond acceptors (Lipinski definition) is 11. The zero-order valence-corrected chi connectivity index (χ0v) is 25.0. The number of furan rings is 1. The van der Waals surface area contributed by atoms with Crippen molar-refractivity contribution in [2.75, 3.05) is 7.11 Å². The quantitative estimate of drug-likeness (QED) is 0.283. The Morgan fingerprint density at radius 2 is 1.74 bits per heavy atom. The van der Waals surface area contributed by atoms with Gasteiger partial charge in [0.15, 0.2) is 5.78 Å². The summed E-state index contributed by atoms with van der Waals surface area (Å²) in [7, 11) is 1.27. The molecule has 3 heterocycles. The predicted octanol–water partition coefficient (Wildman–Crippen LogP) is 3.65. The Labute approximate surface area is 244 Å². The van der Waals surface area contributed by atoms with Gasteiger partial charge in [0, 0.05) is 31.2 Å². The van der Waals surface area contributed by atoms with Crippen LogP contribution in [0.15, 0.2) is 35.2 Å². The lowest BCUT2D eigenvalue weighted by atomic mass is 9.50. The van der Waals surface area contributed by atoms with Gasteiger partial charge in [0.1, 0.15) is 23.9 Å². The molecule has 5 rings (SSSR count). The highest BCUT2D eigenvalue weighted by Gasteiger charge is 2.79. The zero-order valence-electron chi connectivity index (χ0n) is 25.0. The molecule has 2 aliphatic carbocycles. The minimum absolute atomic E-state index is 0.119. The van der Waals surface area contributed by atoms with Crippen molar-refractivity contribution in [1.82, 2.24) is 0 Å². The molecule has 42 heavy (non-hydrogen) atoms. The number of carbonyl (C=O) groups is 5. The van der Waals surface area contributed by atoms with E-state index in [0.717, 1.165) is 0 Å². The van der Waals surface area contributed by atoms with Crippen LogP contribution in [0.5, 0.6) is 0 Å². The molecule has 11 heteroatoms. The fourth-order valence-electron chi connectivity index (χ4n) is 8.44. The van der Waals surface area contributed by atoms with E-state index in [0.29, 0.717) is 11.1 Å². The van der Waals surface area contributed by atoms with Crippen molar-refractivity contribution in [2.24, 2.45) is 28.1 Å². The number of hydrogen-bond donors (Lipinski definition) is 0.